The number of fused-ring (bicyclic) bond motifs is 3. The normalized spacial score (nSPS) is 18.2. The van der Waals surface area contributed by atoms with Crippen LogP contribution in [0, 0.1) is 5.92 Å². The molecule has 1 fully saturated rings. The van der Waals surface area contributed by atoms with Crippen LogP contribution in [0.5, 0.6) is 0 Å². The Morgan fingerprint density at radius 2 is 1.39 bits per heavy atom. The second kappa shape index (κ2) is 11.5. The molecule has 0 saturated heterocycles. The fourth-order valence-electron chi connectivity index (χ4n) is 5.73. The Morgan fingerprint density at radius 3 is 2.00 bits per heavy atom. The van der Waals surface area contributed by atoms with Gasteiger partial charge in [-0.15, -0.1) is 0 Å². The number of hydrogen-bond acceptors (Lipinski definition) is 4. The Morgan fingerprint density at radius 1 is 0.816 bits per heavy atom. The summed E-state index contributed by atoms with van der Waals surface area (Å²) in [7, 11) is 0. The third-order valence-electron chi connectivity index (χ3n) is 7.60. The van der Waals surface area contributed by atoms with Crippen LogP contribution in [0.15, 0.2) is 78.9 Å². The van der Waals surface area contributed by atoms with Crippen molar-refractivity contribution >= 4 is 18.0 Å². The van der Waals surface area contributed by atoms with Crippen LogP contribution in [-0.2, 0) is 20.9 Å². The van der Waals surface area contributed by atoms with Gasteiger partial charge in [0.15, 0.2) is 0 Å². The fraction of sp³-hybridized carbons (Fsp3) is 0.323. The highest BCUT2D eigenvalue weighted by atomic mass is 16.5. The predicted molar refractivity (Wildman–Crippen MR) is 143 cm³/mol. The summed E-state index contributed by atoms with van der Waals surface area (Å²) >= 11 is 0. The molecule has 3 aromatic carbocycles. The smallest absolute Gasteiger partial charge is 0.407 e. The Kier molecular flexibility index (Phi) is 7.73. The quantitative estimate of drug-likeness (QED) is 0.433. The van der Waals surface area contributed by atoms with E-state index in [9.17, 15) is 19.5 Å². The topological polar surface area (TPSA) is 95.9 Å². The maximum atomic E-state index is 13.2. The van der Waals surface area contributed by atoms with Gasteiger partial charge in [0.05, 0.1) is 0 Å². The summed E-state index contributed by atoms with van der Waals surface area (Å²) in [5.41, 5.74) is 5.60. The third-order valence-corrected chi connectivity index (χ3v) is 7.60. The molecule has 0 aliphatic heterocycles. The van der Waals surface area contributed by atoms with Crippen LogP contribution >= 0.6 is 0 Å². The third kappa shape index (κ3) is 5.72. The zero-order valence-corrected chi connectivity index (χ0v) is 21.2. The van der Waals surface area contributed by atoms with Gasteiger partial charge < -0.3 is 20.1 Å². The molecule has 0 atom stereocenters. The number of hydrogen-bond donors (Lipinski definition) is 2. The van der Waals surface area contributed by atoms with E-state index in [1.807, 2.05) is 54.6 Å². The van der Waals surface area contributed by atoms with E-state index in [2.05, 4.69) is 29.6 Å². The van der Waals surface area contributed by atoms with Crippen LogP contribution < -0.4 is 5.32 Å². The number of amides is 2. The lowest BCUT2D eigenvalue weighted by Crippen LogP contribution is -2.43. The van der Waals surface area contributed by atoms with Crippen molar-refractivity contribution in [3.63, 3.8) is 0 Å². The Labute approximate surface area is 222 Å². The number of carbonyl (C=O) groups is 3. The number of ether oxygens (including phenoxy) is 1. The van der Waals surface area contributed by atoms with Gasteiger partial charge in [-0.3, -0.25) is 9.59 Å². The van der Waals surface area contributed by atoms with Crippen molar-refractivity contribution < 1.29 is 24.2 Å². The maximum absolute atomic E-state index is 13.2. The maximum Gasteiger partial charge on any atom is 0.407 e. The average Bonchev–Trinajstić information content (AvgIpc) is 3.25. The van der Waals surface area contributed by atoms with Crippen LogP contribution in [0.2, 0.25) is 0 Å². The Hall–Kier alpha value is -4.13. The van der Waals surface area contributed by atoms with Gasteiger partial charge in [-0.25, -0.2) is 4.79 Å². The number of alkyl carbamates (subject to hydrolysis) is 1. The largest absolute Gasteiger partial charge is 0.480 e. The number of carboxylic acid groups (broad SMARTS) is 1. The molecule has 1 saturated carbocycles. The molecule has 0 spiro atoms. The summed E-state index contributed by atoms with van der Waals surface area (Å²) in [6.07, 6.45) is 2.04. The monoisotopic (exact) mass is 512 g/mol. The zero-order chi connectivity index (χ0) is 26.5. The average molecular weight is 513 g/mol. The van der Waals surface area contributed by atoms with Gasteiger partial charge in [-0.2, -0.15) is 0 Å². The number of nitrogens with one attached hydrogen (secondary N) is 1. The summed E-state index contributed by atoms with van der Waals surface area (Å²) in [6, 6.07) is 25.8. The molecular formula is C31H32N2O5. The van der Waals surface area contributed by atoms with Crippen LogP contribution in [-0.4, -0.2) is 47.2 Å². The molecule has 38 heavy (non-hydrogen) atoms. The molecule has 2 aliphatic carbocycles. The van der Waals surface area contributed by atoms with Crippen molar-refractivity contribution in [2.45, 2.75) is 44.2 Å². The summed E-state index contributed by atoms with van der Waals surface area (Å²) in [5.74, 6) is -1.42. The SMILES string of the molecule is O=C(O)CN(Cc1ccccc1)C(=O)C1CCC(NC(=O)OCC2c3ccccc3-c3ccccc32)CC1. The van der Waals surface area contributed by atoms with Crippen molar-refractivity contribution in [2.24, 2.45) is 5.92 Å². The summed E-state index contributed by atoms with van der Waals surface area (Å²) in [4.78, 5) is 38.7. The molecule has 0 bridgehead atoms. The van der Waals surface area contributed by atoms with Gasteiger partial charge in [0.25, 0.3) is 0 Å². The summed E-state index contributed by atoms with van der Waals surface area (Å²) in [6.45, 7) is 0.201. The van der Waals surface area contributed by atoms with E-state index in [4.69, 9.17) is 4.74 Å². The Bertz CT molecular complexity index is 1250. The van der Waals surface area contributed by atoms with Crippen LogP contribution in [0.3, 0.4) is 0 Å². The molecule has 0 unspecified atom stereocenters. The highest BCUT2D eigenvalue weighted by Crippen LogP contribution is 2.44. The predicted octanol–water partition coefficient (Wildman–Crippen LogP) is 5.20. The molecule has 7 heteroatoms. The molecule has 3 aromatic rings. The number of carbonyl (C=O) groups excluding carboxylic acids is 2. The lowest BCUT2D eigenvalue weighted by Gasteiger charge is -2.32. The first-order valence-electron chi connectivity index (χ1n) is 13.2. The van der Waals surface area contributed by atoms with Gasteiger partial charge in [-0.05, 0) is 53.5 Å². The number of nitrogens with zero attached hydrogens (tertiary/aromatic N) is 1. The van der Waals surface area contributed by atoms with Gasteiger partial charge >= 0.3 is 12.1 Å². The Balaban J connectivity index is 1.12. The van der Waals surface area contributed by atoms with Crippen molar-refractivity contribution in [1.29, 1.82) is 0 Å². The molecule has 2 N–H and O–H groups in total. The lowest BCUT2D eigenvalue weighted by atomic mass is 9.85. The fourth-order valence-corrected chi connectivity index (χ4v) is 5.73. The first-order chi connectivity index (χ1) is 18.5. The number of rotatable bonds is 8. The molecule has 2 amide bonds. The lowest BCUT2D eigenvalue weighted by molar-refractivity contribution is -0.147. The zero-order valence-electron chi connectivity index (χ0n) is 21.2. The number of aliphatic carboxylic acids is 1. The molecule has 2 aliphatic rings. The van der Waals surface area contributed by atoms with Gasteiger partial charge in [0, 0.05) is 24.4 Å². The van der Waals surface area contributed by atoms with E-state index >= 15 is 0 Å². The highest BCUT2D eigenvalue weighted by Gasteiger charge is 2.32. The standard InChI is InChI=1S/C31H32N2O5/c34-29(35)19-33(18-21-8-2-1-3-9-21)30(36)22-14-16-23(17-15-22)32-31(37)38-20-28-26-12-6-4-10-24(26)25-11-5-7-13-27(25)28/h1-13,22-23,28H,14-20H2,(H,32,37)(H,34,35). The molecule has 5 rings (SSSR count). The van der Waals surface area contributed by atoms with E-state index < -0.39 is 12.1 Å². The van der Waals surface area contributed by atoms with E-state index in [1.54, 1.807) is 0 Å². The van der Waals surface area contributed by atoms with E-state index in [-0.39, 0.29) is 43.5 Å². The summed E-state index contributed by atoms with van der Waals surface area (Å²) in [5, 5.41) is 12.3. The van der Waals surface area contributed by atoms with Crippen LogP contribution in [0.25, 0.3) is 11.1 Å². The van der Waals surface area contributed by atoms with Gasteiger partial charge in [-0.1, -0.05) is 78.9 Å². The second-order valence-corrected chi connectivity index (χ2v) is 10.1. The minimum Gasteiger partial charge on any atom is -0.480 e. The van der Waals surface area contributed by atoms with Gasteiger partial charge in [0.1, 0.15) is 13.2 Å². The molecular weight excluding hydrogens is 480 g/mol. The molecule has 7 nitrogen and oxygen atoms in total. The van der Waals surface area contributed by atoms with Crippen molar-refractivity contribution in [3.8, 4) is 11.1 Å². The van der Waals surface area contributed by atoms with E-state index in [1.165, 1.54) is 27.2 Å². The first kappa shape index (κ1) is 25.5. The van der Waals surface area contributed by atoms with E-state index in [0.717, 1.165) is 5.56 Å². The second-order valence-electron chi connectivity index (χ2n) is 10.1. The summed E-state index contributed by atoms with van der Waals surface area (Å²) < 4.78 is 5.67. The number of benzene rings is 3. The molecule has 196 valence electrons. The molecule has 0 heterocycles. The van der Waals surface area contributed by atoms with Crippen LogP contribution in [0.1, 0.15) is 48.3 Å². The highest BCUT2D eigenvalue weighted by molar-refractivity contribution is 5.83. The van der Waals surface area contributed by atoms with Crippen LogP contribution in [0.4, 0.5) is 4.79 Å². The molecule has 0 aromatic heterocycles. The van der Waals surface area contributed by atoms with Crippen molar-refractivity contribution in [3.05, 3.63) is 95.6 Å². The van der Waals surface area contributed by atoms with Gasteiger partial charge in [0.2, 0.25) is 5.91 Å². The number of carboxylic acids is 1. The minimum atomic E-state index is -1.03. The first-order valence-corrected chi connectivity index (χ1v) is 13.2. The van der Waals surface area contributed by atoms with Crippen molar-refractivity contribution in [1.82, 2.24) is 10.2 Å². The van der Waals surface area contributed by atoms with Crippen molar-refractivity contribution in [2.75, 3.05) is 13.2 Å². The minimum absolute atomic E-state index is 0.00587. The van der Waals surface area contributed by atoms with E-state index in [0.29, 0.717) is 25.7 Å². The molecule has 0 radical (unpaired) electrons.